The number of ether oxygens (including phenoxy) is 1. The molecule has 3 aromatic rings. The number of benzene rings is 2. The van der Waals surface area contributed by atoms with Crippen LogP contribution in [0.5, 0.6) is 0 Å². The number of nitrogens with one attached hydrogen (secondary N) is 3. The monoisotopic (exact) mass is 453 g/mol. The van der Waals surface area contributed by atoms with E-state index in [0.29, 0.717) is 18.7 Å². The smallest absolute Gasteiger partial charge is 0.408 e. The van der Waals surface area contributed by atoms with Crippen LogP contribution in [-0.2, 0) is 21.7 Å². The van der Waals surface area contributed by atoms with Crippen molar-refractivity contribution in [1.29, 1.82) is 0 Å². The van der Waals surface area contributed by atoms with Gasteiger partial charge in [0, 0.05) is 35.2 Å². The van der Waals surface area contributed by atoms with E-state index in [4.69, 9.17) is 4.74 Å². The zero-order chi connectivity index (χ0) is 23.0. The molecule has 0 aliphatic heterocycles. The third kappa shape index (κ3) is 7.34. The van der Waals surface area contributed by atoms with Crippen LogP contribution in [0.3, 0.4) is 0 Å². The number of para-hydroxylation sites is 1. The number of rotatable bonds is 9. The number of aromatic nitrogens is 1. The molecular formula is C25H31N3O3S. The summed E-state index contributed by atoms with van der Waals surface area (Å²) >= 11 is 1.60. The number of alkyl carbamates (subject to hydrolysis) is 1. The minimum absolute atomic E-state index is 0.212. The average molecular weight is 454 g/mol. The summed E-state index contributed by atoms with van der Waals surface area (Å²) < 4.78 is 5.35. The molecule has 0 saturated heterocycles. The summed E-state index contributed by atoms with van der Waals surface area (Å²) in [6.07, 6.45) is 2.09. The van der Waals surface area contributed by atoms with Gasteiger partial charge in [-0.15, -0.1) is 0 Å². The second kappa shape index (κ2) is 11.1. The second-order valence-corrected chi connectivity index (χ2v) is 9.63. The summed E-state index contributed by atoms with van der Waals surface area (Å²) in [5.74, 6) is 1.000. The fourth-order valence-corrected chi connectivity index (χ4v) is 4.30. The Morgan fingerprint density at radius 3 is 2.53 bits per heavy atom. The van der Waals surface area contributed by atoms with Crippen LogP contribution in [0.15, 0.2) is 60.8 Å². The SMILES string of the molecule is CC(C)(C)OC(=O)N[C@@H](CSCc1ccccc1)C(=O)NCCc1c[nH]c2ccccc12. The van der Waals surface area contributed by atoms with Gasteiger partial charge in [-0.2, -0.15) is 11.8 Å². The number of H-pyrrole nitrogens is 1. The summed E-state index contributed by atoms with van der Waals surface area (Å²) in [7, 11) is 0. The van der Waals surface area contributed by atoms with Gasteiger partial charge < -0.3 is 20.4 Å². The lowest BCUT2D eigenvalue weighted by atomic mass is 10.1. The van der Waals surface area contributed by atoms with Crippen LogP contribution in [0.1, 0.15) is 31.9 Å². The van der Waals surface area contributed by atoms with E-state index < -0.39 is 17.7 Å². The molecule has 7 heteroatoms. The predicted molar refractivity (Wildman–Crippen MR) is 131 cm³/mol. The highest BCUT2D eigenvalue weighted by Crippen LogP contribution is 2.18. The maximum absolute atomic E-state index is 12.9. The van der Waals surface area contributed by atoms with Crippen LogP contribution in [-0.4, -0.2) is 40.9 Å². The topological polar surface area (TPSA) is 83.2 Å². The number of hydrogen-bond donors (Lipinski definition) is 3. The van der Waals surface area contributed by atoms with Gasteiger partial charge in [0.15, 0.2) is 0 Å². The Morgan fingerprint density at radius 2 is 1.78 bits per heavy atom. The molecule has 1 heterocycles. The van der Waals surface area contributed by atoms with Crippen molar-refractivity contribution in [2.75, 3.05) is 12.3 Å². The van der Waals surface area contributed by atoms with Gasteiger partial charge in [0.05, 0.1) is 0 Å². The molecule has 1 atom stereocenters. The zero-order valence-corrected chi connectivity index (χ0v) is 19.6. The summed E-state index contributed by atoms with van der Waals surface area (Å²) in [6.45, 7) is 5.88. The number of hydrogen-bond acceptors (Lipinski definition) is 4. The summed E-state index contributed by atoms with van der Waals surface area (Å²) in [5, 5.41) is 6.85. The molecule has 0 unspecified atom stereocenters. The standard InChI is InChI=1S/C25H31N3O3S/c1-25(2,3)31-24(30)28-22(17-32-16-18-9-5-4-6-10-18)23(29)26-14-13-19-15-27-21-12-8-7-11-20(19)21/h4-12,15,22,27H,13-14,16-17H2,1-3H3,(H,26,29)(H,28,30)/t22-/m0/s1. The number of carbonyl (C=O) groups is 2. The highest BCUT2D eigenvalue weighted by molar-refractivity contribution is 7.98. The molecule has 0 aliphatic rings. The minimum Gasteiger partial charge on any atom is -0.444 e. The Bertz CT molecular complexity index is 1030. The van der Waals surface area contributed by atoms with Gasteiger partial charge in [0.2, 0.25) is 5.91 Å². The Hall–Kier alpha value is -2.93. The molecule has 170 valence electrons. The van der Waals surface area contributed by atoms with Gasteiger partial charge in [-0.1, -0.05) is 48.5 Å². The van der Waals surface area contributed by atoms with Crippen LogP contribution < -0.4 is 10.6 Å². The quantitative estimate of drug-likeness (QED) is 0.440. The molecule has 0 fully saturated rings. The highest BCUT2D eigenvalue weighted by Gasteiger charge is 2.24. The number of thioether (sulfide) groups is 1. The molecule has 0 spiro atoms. The average Bonchev–Trinajstić information content (AvgIpc) is 3.15. The van der Waals surface area contributed by atoms with Gasteiger partial charge >= 0.3 is 6.09 Å². The lowest BCUT2D eigenvalue weighted by molar-refractivity contribution is -0.122. The zero-order valence-electron chi connectivity index (χ0n) is 18.8. The van der Waals surface area contributed by atoms with Gasteiger partial charge in [-0.25, -0.2) is 4.79 Å². The number of amides is 2. The molecule has 2 amide bonds. The molecule has 3 rings (SSSR count). The fraction of sp³-hybridized carbons (Fsp3) is 0.360. The van der Waals surface area contributed by atoms with E-state index in [1.54, 1.807) is 32.5 Å². The molecule has 0 saturated carbocycles. The molecule has 32 heavy (non-hydrogen) atoms. The van der Waals surface area contributed by atoms with Crippen molar-refractivity contribution in [3.63, 3.8) is 0 Å². The minimum atomic E-state index is -0.679. The lowest BCUT2D eigenvalue weighted by Crippen LogP contribution is -2.50. The Morgan fingerprint density at radius 1 is 1.06 bits per heavy atom. The fourth-order valence-electron chi connectivity index (χ4n) is 3.28. The molecule has 3 N–H and O–H groups in total. The van der Waals surface area contributed by atoms with Crippen molar-refractivity contribution >= 4 is 34.7 Å². The third-order valence-electron chi connectivity index (χ3n) is 4.77. The first kappa shape index (κ1) is 23.7. The first-order valence-electron chi connectivity index (χ1n) is 10.8. The number of aromatic amines is 1. The van der Waals surface area contributed by atoms with E-state index in [2.05, 4.69) is 21.7 Å². The van der Waals surface area contributed by atoms with Crippen LogP contribution in [0.25, 0.3) is 10.9 Å². The molecule has 0 bridgehead atoms. The van der Waals surface area contributed by atoms with Gasteiger partial charge in [-0.3, -0.25) is 4.79 Å². The lowest BCUT2D eigenvalue weighted by Gasteiger charge is -2.23. The normalized spacial score (nSPS) is 12.3. The van der Waals surface area contributed by atoms with Gasteiger partial charge in [0.25, 0.3) is 0 Å². The number of carbonyl (C=O) groups excluding carboxylic acids is 2. The highest BCUT2D eigenvalue weighted by atomic mass is 32.2. The van der Waals surface area contributed by atoms with E-state index in [0.717, 1.165) is 22.2 Å². The van der Waals surface area contributed by atoms with Crippen molar-refractivity contribution < 1.29 is 14.3 Å². The first-order valence-corrected chi connectivity index (χ1v) is 11.9. The van der Waals surface area contributed by atoms with E-state index >= 15 is 0 Å². The first-order chi connectivity index (χ1) is 15.3. The Kier molecular flexibility index (Phi) is 8.22. The van der Waals surface area contributed by atoms with Crippen molar-refractivity contribution in [2.24, 2.45) is 0 Å². The molecule has 0 radical (unpaired) electrons. The second-order valence-electron chi connectivity index (χ2n) is 8.60. The summed E-state index contributed by atoms with van der Waals surface area (Å²) in [4.78, 5) is 28.4. The molecule has 0 aliphatic carbocycles. The van der Waals surface area contributed by atoms with Crippen molar-refractivity contribution in [3.05, 3.63) is 71.9 Å². The number of fused-ring (bicyclic) bond motifs is 1. The summed E-state index contributed by atoms with van der Waals surface area (Å²) in [6, 6.07) is 17.5. The molecule has 2 aromatic carbocycles. The van der Waals surface area contributed by atoms with Crippen molar-refractivity contribution in [1.82, 2.24) is 15.6 Å². The predicted octanol–water partition coefficient (Wildman–Crippen LogP) is 4.65. The molecule has 6 nitrogen and oxygen atoms in total. The van der Waals surface area contributed by atoms with E-state index in [1.807, 2.05) is 54.7 Å². The third-order valence-corrected chi connectivity index (χ3v) is 5.88. The summed E-state index contributed by atoms with van der Waals surface area (Å²) in [5.41, 5.74) is 2.78. The van der Waals surface area contributed by atoms with E-state index in [-0.39, 0.29) is 5.91 Å². The molecular weight excluding hydrogens is 422 g/mol. The largest absolute Gasteiger partial charge is 0.444 e. The maximum atomic E-state index is 12.9. The van der Waals surface area contributed by atoms with Crippen LogP contribution in [0.2, 0.25) is 0 Å². The Labute approximate surface area is 193 Å². The maximum Gasteiger partial charge on any atom is 0.408 e. The van der Waals surface area contributed by atoms with Gasteiger partial charge in [0.1, 0.15) is 11.6 Å². The van der Waals surface area contributed by atoms with Crippen LogP contribution in [0, 0.1) is 0 Å². The van der Waals surface area contributed by atoms with Crippen molar-refractivity contribution in [2.45, 2.75) is 44.6 Å². The van der Waals surface area contributed by atoms with E-state index in [9.17, 15) is 9.59 Å². The van der Waals surface area contributed by atoms with E-state index in [1.165, 1.54) is 5.56 Å². The molecule has 1 aromatic heterocycles. The Balaban J connectivity index is 1.56. The van der Waals surface area contributed by atoms with Gasteiger partial charge in [-0.05, 0) is 44.4 Å². The van der Waals surface area contributed by atoms with Crippen LogP contribution in [0.4, 0.5) is 4.79 Å². The van der Waals surface area contributed by atoms with Crippen LogP contribution >= 0.6 is 11.8 Å². The van der Waals surface area contributed by atoms with Crippen molar-refractivity contribution in [3.8, 4) is 0 Å².